The maximum atomic E-state index is 12.5. The molecule has 0 bridgehead atoms. The third-order valence-electron chi connectivity index (χ3n) is 5.77. The van der Waals surface area contributed by atoms with E-state index in [9.17, 15) is 9.59 Å². The van der Waals surface area contributed by atoms with Crippen LogP contribution in [-0.4, -0.2) is 36.9 Å². The van der Waals surface area contributed by atoms with Crippen molar-refractivity contribution in [1.29, 1.82) is 0 Å². The number of benzene rings is 2. The van der Waals surface area contributed by atoms with Crippen molar-refractivity contribution in [3.05, 3.63) is 89.4 Å². The first-order chi connectivity index (χ1) is 15.7. The van der Waals surface area contributed by atoms with Crippen molar-refractivity contribution in [2.75, 3.05) is 20.2 Å². The molecule has 4 rings (SSSR count). The monoisotopic (exact) mass is 433 g/mol. The van der Waals surface area contributed by atoms with Crippen molar-refractivity contribution in [3.63, 3.8) is 0 Å². The van der Waals surface area contributed by atoms with Gasteiger partial charge in [0.25, 0.3) is 0 Å². The topological polar surface area (TPSA) is 83.8 Å². The summed E-state index contributed by atoms with van der Waals surface area (Å²) < 4.78 is 10.9. The Bertz CT molecular complexity index is 1060. The molecule has 166 valence electrons. The van der Waals surface area contributed by atoms with E-state index in [0.717, 1.165) is 30.8 Å². The summed E-state index contributed by atoms with van der Waals surface area (Å²) in [7, 11) is 1.57. The molecule has 3 aromatic rings. The zero-order valence-corrected chi connectivity index (χ0v) is 18.0. The van der Waals surface area contributed by atoms with Gasteiger partial charge in [-0.2, -0.15) is 0 Å². The van der Waals surface area contributed by atoms with E-state index in [-0.39, 0.29) is 19.1 Å². The van der Waals surface area contributed by atoms with Crippen LogP contribution in [0.15, 0.2) is 71.3 Å². The van der Waals surface area contributed by atoms with Crippen LogP contribution in [0.2, 0.25) is 0 Å². The first kappa shape index (κ1) is 21.6. The number of ether oxygens (including phenoxy) is 1. The number of para-hydroxylation sites is 1. The molecule has 1 atom stereocenters. The fourth-order valence-electron chi connectivity index (χ4n) is 4.05. The van der Waals surface area contributed by atoms with Crippen molar-refractivity contribution in [2.24, 2.45) is 0 Å². The van der Waals surface area contributed by atoms with Crippen molar-refractivity contribution < 1.29 is 18.7 Å². The van der Waals surface area contributed by atoms with Crippen LogP contribution in [0, 0.1) is 0 Å². The van der Waals surface area contributed by atoms with Crippen molar-refractivity contribution in [1.82, 2.24) is 15.5 Å². The van der Waals surface area contributed by atoms with Gasteiger partial charge in [-0.05, 0) is 35.7 Å². The minimum atomic E-state index is -0.682. The Morgan fingerprint density at radius 1 is 1.00 bits per heavy atom. The van der Waals surface area contributed by atoms with Crippen molar-refractivity contribution >= 4 is 11.8 Å². The Kier molecular flexibility index (Phi) is 6.87. The van der Waals surface area contributed by atoms with Crippen LogP contribution < -0.4 is 15.4 Å². The number of rotatable bonds is 7. The number of methoxy groups -OCH3 is 1. The van der Waals surface area contributed by atoms with Gasteiger partial charge in [-0.25, -0.2) is 0 Å². The number of nitrogens with zero attached hydrogens (tertiary/aromatic N) is 1. The number of nitrogens with one attached hydrogen (secondary N) is 2. The fraction of sp³-hybridized carbons (Fsp3) is 0.280. The van der Waals surface area contributed by atoms with Gasteiger partial charge in [-0.15, -0.1) is 0 Å². The minimum absolute atomic E-state index is 0.163. The number of fused-ring (bicyclic) bond motifs is 1. The van der Waals surface area contributed by atoms with E-state index in [1.165, 1.54) is 11.1 Å². The molecule has 1 unspecified atom stereocenters. The maximum Gasteiger partial charge on any atom is 0.309 e. The quantitative estimate of drug-likeness (QED) is 0.560. The van der Waals surface area contributed by atoms with Gasteiger partial charge in [0.05, 0.1) is 19.4 Å². The molecule has 7 heteroatoms. The van der Waals surface area contributed by atoms with Crippen LogP contribution in [0.25, 0.3) is 0 Å². The molecule has 0 radical (unpaired) electrons. The van der Waals surface area contributed by atoms with Crippen LogP contribution in [-0.2, 0) is 29.1 Å². The zero-order valence-electron chi connectivity index (χ0n) is 18.0. The van der Waals surface area contributed by atoms with Crippen molar-refractivity contribution in [3.8, 4) is 5.75 Å². The van der Waals surface area contributed by atoms with Crippen LogP contribution in [0.5, 0.6) is 5.75 Å². The Labute approximate surface area is 187 Å². The molecule has 0 saturated heterocycles. The van der Waals surface area contributed by atoms with E-state index in [1.54, 1.807) is 13.4 Å². The van der Waals surface area contributed by atoms with Crippen LogP contribution in [0.3, 0.4) is 0 Å². The average molecular weight is 434 g/mol. The predicted octanol–water partition coefficient (Wildman–Crippen LogP) is 2.82. The molecule has 1 aromatic heterocycles. The summed E-state index contributed by atoms with van der Waals surface area (Å²) in [6, 6.07) is 19.3. The highest BCUT2D eigenvalue weighted by molar-refractivity contribution is 6.35. The molecule has 32 heavy (non-hydrogen) atoms. The summed E-state index contributed by atoms with van der Waals surface area (Å²) >= 11 is 0. The normalized spacial score (nSPS) is 14.3. The molecule has 0 fully saturated rings. The molecule has 2 amide bonds. The number of furan rings is 1. The SMILES string of the molecule is COc1ccccc1CNC(=O)C(=O)NCC(c1ccco1)N1CCc2ccccc2C1. The van der Waals surface area contributed by atoms with Gasteiger partial charge >= 0.3 is 11.8 Å². The van der Waals surface area contributed by atoms with E-state index in [4.69, 9.17) is 9.15 Å². The molecule has 7 nitrogen and oxygen atoms in total. The summed E-state index contributed by atoms with van der Waals surface area (Å²) in [4.78, 5) is 27.1. The zero-order chi connectivity index (χ0) is 22.3. The minimum Gasteiger partial charge on any atom is -0.496 e. The second-order valence-electron chi connectivity index (χ2n) is 7.72. The molecular formula is C25H27N3O4. The molecule has 0 spiro atoms. The molecule has 0 aliphatic carbocycles. The highest BCUT2D eigenvalue weighted by Gasteiger charge is 2.27. The molecule has 1 aliphatic heterocycles. The smallest absolute Gasteiger partial charge is 0.309 e. The molecule has 2 aromatic carbocycles. The summed E-state index contributed by atoms with van der Waals surface area (Å²) in [5.74, 6) is 0.0718. The fourth-order valence-corrected chi connectivity index (χ4v) is 4.05. The number of hydrogen-bond acceptors (Lipinski definition) is 5. The molecule has 2 heterocycles. The first-order valence-electron chi connectivity index (χ1n) is 10.7. The Balaban J connectivity index is 1.37. The second kappa shape index (κ2) is 10.2. The third kappa shape index (κ3) is 5.00. The van der Waals surface area contributed by atoms with E-state index in [1.807, 2.05) is 42.5 Å². The lowest BCUT2D eigenvalue weighted by Gasteiger charge is -2.34. The van der Waals surface area contributed by atoms with Crippen LogP contribution in [0.4, 0.5) is 0 Å². The number of carbonyl (C=O) groups is 2. The van der Waals surface area contributed by atoms with Gasteiger partial charge < -0.3 is 19.8 Å². The third-order valence-corrected chi connectivity index (χ3v) is 5.77. The second-order valence-corrected chi connectivity index (χ2v) is 7.72. The van der Waals surface area contributed by atoms with Gasteiger partial charge in [0.2, 0.25) is 0 Å². The summed E-state index contributed by atoms with van der Waals surface area (Å²) in [6.07, 6.45) is 2.56. The van der Waals surface area contributed by atoms with Crippen LogP contribution >= 0.6 is 0 Å². The van der Waals surface area contributed by atoms with Gasteiger partial charge in [-0.3, -0.25) is 14.5 Å². The standard InChI is InChI=1S/C25H27N3O4/c1-31-22-10-5-4-8-19(22)15-26-24(29)25(30)27-16-21(23-11-6-14-32-23)28-13-12-18-7-2-3-9-20(18)17-28/h2-11,14,21H,12-13,15-17H2,1H3,(H,26,29)(H,27,30). The summed E-state index contributed by atoms with van der Waals surface area (Å²) in [5, 5.41) is 5.43. The molecule has 0 saturated carbocycles. The number of hydrogen-bond donors (Lipinski definition) is 2. The Morgan fingerprint density at radius 3 is 2.53 bits per heavy atom. The van der Waals surface area contributed by atoms with E-state index < -0.39 is 11.8 Å². The summed E-state index contributed by atoms with van der Waals surface area (Å²) in [5.41, 5.74) is 3.43. The largest absolute Gasteiger partial charge is 0.496 e. The van der Waals surface area contributed by atoms with Gasteiger partial charge in [0.15, 0.2) is 0 Å². The van der Waals surface area contributed by atoms with E-state index >= 15 is 0 Å². The highest BCUT2D eigenvalue weighted by atomic mass is 16.5. The predicted molar refractivity (Wildman–Crippen MR) is 120 cm³/mol. The van der Waals surface area contributed by atoms with Gasteiger partial charge in [0.1, 0.15) is 11.5 Å². The number of carbonyl (C=O) groups excluding carboxylic acids is 2. The van der Waals surface area contributed by atoms with Crippen LogP contribution in [0.1, 0.15) is 28.5 Å². The highest BCUT2D eigenvalue weighted by Crippen LogP contribution is 2.27. The lowest BCUT2D eigenvalue weighted by Crippen LogP contribution is -2.45. The first-order valence-corrected chi connectivity index (χ1v) is 10.7. The van der Waals surface area contributed by atoms with E-state index in [0.29, 0.717) is 5.75 Å². The number of amides is 2. The Morgan fingerprint density at radius 2 is 1.75 bits per heavy atom. The average Bonchev–Trinajstić information content (AvgIpc) is 3.37. The Hall–Kier alpha value is -3.58. The molecule has 2 N–H and O–H groups in total. The maximum absolute atomic E-state index is 12.5. The molecular weight excluding hydrogens is 406 g/mol. The van der Waals surface area contributed by atoms with Gasteiger partial charge in [0, 0.05) is 31.7 Å². The lowest BCUT2D eigenvalue weighted by molar-refractivity contribution is -0.139. The summed E-state index contributed by atoms with van der Waals surface area (Å²) in [6.45, 7) is 2.09. The van der Waals surface area contributed by atoms with Crippen molar-refractivity contribution in [2.45, 2.75) is 25.6 Å². The lowest BCUT2D eigenvalue weighted by atomic mass is 9.98. The van der Waals surface area contributed by atoms with Gasteiger partial charge in [-0.1, -0.05) is 42.5 Å². The molecule has 1 aliphatic rings. The van der Waals surface area contributed by atoms with E-state index in [2.05, 4.69) is 33.7 Å².